The van der Waals surface area contributed by atoms with Gasteiger partial charge in [-0.1, -0.05) is 46.9 Å². The van der Waals surface area contributed by atoms with Crippen LogP contribution in [0.1, 0.15) is 17.2 Å². The molecular formula is C14H12Cl3N3O2. The lowest BCUT2D eigenvalue weighted by molar-refractivity contribution is 0.354. The lowest BCUT2D eigenvalue weighted by Crippen LogP contribution is -2.08. The largest absolute Gasteiger partial charge is 0.493 e. The summed E-state index contributed by atoms with van der Waals surface area (Å²) in [6.07, 6.45) is 4.73. The van der Waals surface area contributed by atoms with E-state index in [9.17, 15) is 0 Å². The number of rotatable bonds is 4. The van der Waals surface area contributed by atoms with Crippen LogP contribution < -0.4 is 9.47 Å². The lowest BCUT2D eigenvalue weighted by Gasteiger charge is -2.10. The number of alkyl halides is 3. The van der Waals surface area contributed by atoms with Gasteiger partial charge < -0.3 is 9.47 Å². The minimum absolute atomic E-state index is 0.0600. The number of halogens is 3. The van der Waals surface area contributed by atoms with Crippen molar-refractivity contribution in [1.82, 2.24) is 15.0 Å². The molecule has 0 unspecified atom stereocenters. The zero-order valence-corrected chi connectivity index (χ0v) is 14.0. The molecule has 22 heavy (non-hydrogen) atoms. The van der Waals surface area contributed by atoms with Crippen molar-refractivity contribution in [2.24, 2.45) is 0 Å². The average Bonchev–Trinajstić information content (AvgIpc) is 2.51. The standard InChI is InChI=1S/C14H12Cl3N3O2/c1-21-10-5-3-4-9(12(10)22-2)6-7-11-18-8-19-13(20-11)14(15,16)17/h3-8H,1-2H3. The summed E-state index contributed by atoms with van der Waals surface area (Å²) in [4.78, 5) is 11.9. The van der Waals surface area contributed by atoms with Crippen molar-refractivity contribution in [1.29, 1.82) is 0 Å². The summed E-state index contributed by atoms with van der Waals surface area (Å²) in [6, 6.07) is 5.52. The van der Waals surface area contributed by atoms with Gasteiger partial charge in [-0.25, -0.2) is 15.0 Å². The molecule has 0 aliphatic heterocycles. The topological polar surface area (TPSA) is 57.1 Å². The summed E-state index contributed by atoms with van der Waals surface area (Å²) >= 11 is 17.3. The molecule has 0 aliphatic carbocycles. The number of aromatic nitrogens is 3. The number of para-hydroxylation sites is 1. The Morgan fingerprint density at radius 3 is 2.45 bits per heavy atom. The summed E-state index contributed by atoms with van der Waals surface area (Å²) in [5.41, 5.74) is 0.803. The third-order valence-electron chi connectivity index (χ3n) is 2.69. The van der Waals surface area contributed by atoms with E-state index in [0.29, 0.717) is 17.3 Å². The third-order valence-corrected chi connectivity index (χ3v) is 3.20. The molecule has 2 rings (SSSR count). The maximum atomic E-state index is 5.75. The summed E-state index contributed by atoms with van der Waals surface area (Å²) in [6.45, 7) is 0. The van der Waals surface area contributed by atoms with Crippen LogP contribution in [0, 0.1) is 0 Å². The van der Waals surface area contributed by atoms with Crippen molar-refractivity contribution in [3.8, 4) is 11.5 Å². The Kier molecular flexibility index (Phi) is 5.45. The average molecular weight is 361 g/mol. The van der Waals surface area contributed by atoms with E-state index in [1.165, 1.54) is 6.33 Å². The van der Waals surface area contributed by atoms with Gasteiger partial charge in [0.25, 0.3) is 0 Å². The highest BCUT2D eigenvalue weighted by atomic mass is 35.6. The molecule has 1 aromatic heterocycles. The second-order valence-corrected chi connectivity index (χ2v) is 6.36. The van der Waals surface area contributed by atoms with Crippen LogP contribution in [0.25, 0.3) is 12.2 Å². The Balaban J connectivity index is 2.33. The van der Waals surface area contributed by atoms with Crippen molar-refractivity contribution in [3.05, 3.63) is 41.7 Å². The van der Waals surface area contributed by atoms with Crippen molar-refractivity contribution in [3.63, 3.8) is 0 Å². The molecule has 1 aromatic carbocycles. The van der Waals surface area contributed by atoms with Gasteiger partial charge in [0.2, 0.25) is 3.79 Å². The van der Waals surface area contributed by atoms with Gasteiger partial charge in [-0.05, 0) is 18.2 Å². The molecule has 0 N–H and O–H groups in total. The Hall–Kier alpha value is -1.56. The first kappa shape index (κ1) is 16.8. The van der Waals surface area contributed by atoms with Crippen molar-refractivity contribution in [2.75, 3.05) is 14.2 Å². The van der Waals surface area contributed by atoms with Crippen LogP contribution in [0.4, 0.5) is 0 Å². The fourth-order valence-corrected chi connectivity index (χ4v) is 2.01. The quantitative estimate of drug-likeness (QED) is 0.774. The summed E-state index contributed by atoms with van der Waals surface area (Å²) in [7, 11) is 3.14. The Morgan fingerprint density at radius 1 is 1.05 bits per heavy atom. The van der Waals surface area contributed by atoms with E-state index in [4.69, 9.17) is 44.3 Å². The molecule has 0 atom stereocenters. The first-order valence-corrected chi connectivity index (χ1v) is 7.24. The van der Waals surface area contributed by atoms with E-state index >= 15 is 0 Å². The van der Waals surface area contributed by atoms with Gasteiger partial charge in [0.05, 0.1) is 14.2 Å². The van der Waals surface area contributed by atoms with Crippen LogP contribution in [0.2, 0.25) is 0 Å². The fourth-order valence-electron chi connectivity index (χ4n) is 1.73. The Labute approximate surface area is 142 Å². The number of ether oxygens (including phenoxy) is 2. The smallest absolute Gasteiger partial charge is 0.250 e. The van der Waals surface area contributed by atoms with Crippen molar-refractivity contribution < 1.29 is 9.47 Å². The maximum absolute atomic E-state index is 5.75. The van der Waals surface area contributed by atoms with E-state index in [0.717, 1.165) is 5.56 Å². The van der Waals surface area contributed by atoms with Gasteiger partial charge >= 0.3 is 0 Å². The summed E-state index contributed by atoms with van der Waals surface area (Å²) in [5.74, 6) is 1.66. The zero-order chi connectivity index (χ0) is 16.2. The molecule has 1 heterocycles. The molecule has 0 fully saturated rings. The molecule has 0 aliphatic rings. The SMILES string of the molecule is COc1cccc(C=Cc2ncnc(C(Cl)(Cl)Cl)n2)c1OC. The van der Waals surface area contributed by atoms with Gasteiger partial charge in [-0.15, -0.1) is 0 Å². The second kappa shape index (κ2) is 7.13. The maximum Gasteiger partial charge on any atom is 0.250 e. The van der Waals surface area contributed by atoms with E-state index in [2.05, 4.69) is 15.0 Å². The molecule has 5 nitrogen and oxygen atoms in total. The molecule has 116 valence electrons. The van der Waals surface area contributed by atoms with E-state index < -0.39 is 3.79 Å². The lowest BCUT2D eigenvalue weighted by atomic mass is 10.1. The van der Waals surface area contributed by atoms with Crippen molar-refractivity contribution in [2.45, 2.75) is 3.79 Å². The van der Waals surface area contributed by atoms with Crippen LogP contribution >= 0.6 is 34.8 Å². The predicted octanol–water partition coefficient (Wildman–Crippen LogP) is 3.89. The van der Waals surface area contributed by atoms with Gasteiger partial charge in [0.1, 0.15) is 6.33 Å². The first-order chi connectivity index (χ1) is 10.5. The van der Waals surface area contributed by atoms with E-state index in [1.807, 2.05) is 12.1 Å². The van der Waals surface area contributed by atoms with Gasteiger partial charge in [-0.2, -0.15) is 0 Å². The van der Waals surface area contributed by atoms with E-state index in [1.54, 1.807) is 32.4 Å². The number of benzene rings is 1. The van der Waals surface area contributed by atoms with Gasteiger partial charge in [-0.3, -0.25) is 0 Å². The van der Waals surface area contributed by atoms with Crippen LogP contribution in [0.3, 0.4) is 0 Å². The summed E-state index contributed by atoms with van der Waals surface area (Å²) in [5, 5.41) is 0. The Morgan fingerprint density at radius 2 is 1.82 bits per heavy atom. The number of hydrogen-bond acceptors (Lipinski definition) is 5. The number of nitrogens with zero attached hydrogens (tertiary/aromatic N) is 3. The molecular weight excluding hydrogens is 349 g/mol. The second-order valence-electron chi connectivity index (χ2n) is 4.08. The minimum atomic E-state index is -1.70. The highest BCUT2D eigenvalue weighted by Gasteiger charge is 2.26. The van der Waals surface area contributed by atoms with Crippen molar-refractivity contribution >= 4 is 47.0 Å². The molecule has 2 aromatic rings. The third kappa shape index (κ3) is 4.00. The normalized spacial score (nSPS) is 11.7. The first-order valence-electron chi connectivity index (χ1n) is 6.11. The molecule has 0 bridgehead atoms. The predicted molar refractivity (Wildman–Crippen MR) is 87.5 cm³/mol. The highest BCUT2D eigenvalue weighted by Crippen LogP contribution is 2.35. The molecule has 8 heteroatoms. The molecule has 0 amide bonds. The number of hydrogen-bond donors (Lipinski definition) is 0. The molecule has 0 saturated carbocycles. The summed E-state index contributed by atoms with van der Waals surface area (Å²) < 4.78 is 8.89. The molecule has 0 saturated heterocycles. The highest BCUT2D eigenvalue weighted by molar-refractivity contribution is 6.66. The minimum Gasteiger partial charge on any atom is -0.493 e. The Bertz CT molecular complexity index is 687. The molecule has 0 spiro atoms. The van der Waals surface area contributed by atoms with Gasteiger partial charge in [0.15, 0.2) is 23.1 Å². The van der Waals surface area contributed by atoms with Crippen LogP contribution in [-0.2, 0) is 3.79 Å². The molecule has 0 radical (unpaired) electrons. The van der Waals surface area contributed by atoms with Gasteiger partial charge in [0, 0.05) is 5.56 Å². The van der Waals surface area contributed by atoms with Crippen LogP contribution in [0.15, 0.2) is 24.5 Å². The van der Waals surface area contributed by atoms with Crippen LogP contribution in [0.5, 0.6) is 11.5 Å². The fraction of sp³-hybridized carbons (Fsp3) is 0.214. The monoisotopic (exact) mass is 359 g/mol. The zero-order valence-electron chi connectivity index (χ0n) is 11.8. The van der Waals surface area contributed by atoms with E-state index in [-0.39, 0.29) is 5.82 Å². The van der Waals surface area contributed by atoms with Crippen LogP contribution in [-0.4, -0.2) is 29.2 Å². The number of methoxy groups -OCH3 is 2.